The van der Waals surface area contributed by atoms with Crippen LogP contribution in [0.5, 0.6) is 0 Å². The molecule has 0 saturated heterocycles. The standard InChI is InChI=1S/C14H15N3O2/c15-12-7-5-11(6-8-12)9-10-16-13-3-1-2-4-14(13)17(18)19/h1-8,16H,9-10,15H2. The lowest BCUT2D eigenvalue weighted by molar-refractivity contribution is -0.384. The van der Waals surface area contributed by atoms with Crippen molar-refractivity contribution in [1.82, 2.24) is 0 Å². The van der Waals surface area contributed by atoms with E-state index in [4.69, 9.17) is 5.73 Å². The summed E-state index contributed by atoms with van der Waals surface area (Å²) in [4.78, 5) is 10.5. The van der Waals surface area contributed by atoms with Gasteiger partial charge in [0.25, 0.3) is 5.69 Å². The highest BCUT2D eigenvalue weighted by molar-refractivity contribution is 5.61. The zero-order valence-electron chi connectivity index (χ0n) is 10.4. The summed E-state index contributed by atoms with van der Waals surface area (Å²) in [6.45, 7) is 0.634. The van der Waals surface area contributed by atoms with Crippen LogP contribution < -0.4 is 11.1 Å². The zero-order valence-corrected chi connectivity index (χ0v) is 10.4. The number of hydrogen-bond acceptors (Lipinski definition) is 4. The Bertz CT molecular complexity index is 567. The monoisotopic (exact) mass is 257 g/mol. The SMILES string of the molecule is Nc1ccc(CCNc2ccccc2[N+](=O)[O-])cc1. The van der Waals surface area contributed by atoms with E-state index in [1.54, 1.807) is 18.2 Å². The van der Waals surface area contributed by atoms with E-state index in [2.05, 4.69) is 5.32 Å². The number of benzene rings is 2. The molecule has 0 aromatic heterocycles. The zero-order chi connectivity index (χ0) is 13.7. The van der Waals surface area contributed by atoms with E-state index < -0.39 is 0 Å². The number of nitro groups is 1. The van der Waals surface area contributed by atoms with E-state index in [1.807, 2.05) is 24.3 Å². The van der Waals surface area contributed by atoms with Crippen molar-refractivity contribution in [2.24, 2.45) is 0 Å². The molecule has 3 N–H and O–H groups in total. The molecule has 0 aliphatic carbocycles. The maximum atomic E-state index is 10.8. The molecule has 2 aromatic rings. The number of nitrogen functional groups attached to an aromatic ring is 1. The predicted molar refractivity (Wildman–Crippen MR) is 76.1 cm³/mol. The Morgan fingerprint density at radius 3 is 2.47 bits per heavy atom. The van der Waals surface area contributed by atoms with Crippen LogP contribution in [0.3, 0.4) is 0 Å². The van der Waals surface area contributed by atoms with Crippen molar-refractivity contribution in [2.75, 3.05) is 17.6 Å². The van der Waals surface area contributed by atoms with Gasteiger partial charge >= 0.3 is 0 Å². The first-order valence-corrected chi connectivity index (χ1v) is 5.98. The van der Waals surface area contributed by atoms with Crippen LogP contribution in [0, 0.1) is 10.1 Å². The lowest BCUT2D eigenvalue weighted by Gasteiger charge is -2.07. The van der Waals surface area contributed by atoms with Crippen LogP contribution in [0.15, 0.2) is 48.5 Å². The van der Waals surface area contributed by atoms with Crippen LogP contribution in [-0.2, 0) is 6.42 Å². The first-order chi connectivity index (χ1) is 9.16. The summed E-state index contributed by atoms with van der Waals surface area (Å²) in [6.07, 6.45) is 0.784. The fourth-order valence-corrected chi connectivity index (χ4v) is 1.81. The van der Waals surface area contributed by atoms with Crippen molar-refractivity contribution in [2.45, 2.75) is 6.42 Å². The van der Waals surface area contributed by atoms with Gasteiger partial charge in [-0.25, -0.2) is 0 Å². The maximum absolute atomic E-state index is 10.8. The molecule has 2 rings (SSSR count). The Morgan fingerprint density at radius 1 is 1.11 bits per heavy atom. The summed E-state index contributed by atoms with van der Waals surface area (Å²) < 4.78 is 0. The van der Waals surface area contributed by atoms with Crippen molar-refractivity contribution in [3.05, 3.63) is 64.2 Å². The first-order valence-electron chi connectivity index (χ1n) is 5.98. The van der Waals surface area contributed by atoms with E-state index in [0.717, 1.165) is 17.7 Å². The van der Waals surface area contributed by atoms with Crippen molar-refractivity contribution >= 4 is 17.1 Å². The van der Waals surface area contributed by atoms with Gasteiger partial charge in [0.1, 0.15) is 5.69 Å². The molecule has 0 spiro atoms. The molecule has 2 aromatic carbocycles. The molecule has 0 saturated carbocycles. The molecule has 0 bridgehead atoms. The lowest BCUT2D eigenvalue weighted by Crippen LogP contribution is -2.06. The van der Waals surface area contributed by atoms with Crippen LogP contribution in [0.1, 0.15) is 5.56 Å². The highest BCUT2D eigenvalue weighted by Crippen LogP contribution is 2.22. The smallest absolute Gasteiger partial charge is 0.292 e. The van der Waals surface area contributed by atoms with Crippen molar-refractivity contribution in [3.63, 3.8) is 0 Å². The molecular weight excluding hydrogens is 242 g/mol. The Hall–Kier alpha value is -2.56. The van der Waals surface area contributed by atoms with Crippen molar-refractivity contribution in [1.29, 1.82) is 0 Å². The van der Waals surface area contributed by atoms with E-state index in [0.29, 0.717) is 12.2 Å². The summed E-state index contributed by atoms with van der Waals surface area (Å²) in [7, 11) is 0. The third kappa shape index (κ3) is 3.45. The average Bonchev–Trinajstić information content (AvgIpc) is 2.41. The van der Waals surface area contributed by atoms with Gasteiger partial charge in [0.05, 0.1) is 4.92 Å². The number of para-hydroxylation sites is 2. The minimum Gasteiger partial charge on any atom is -0.399 e. The Morgan fingerprint density at radius 2 is 1.79 bits per heavy atom. The summed E-state index contributed by atoms with van der Waals surface area (Å²) in [6, 6.07) is 14.2. The molecule has 5 nitrogen and oxygen atoms in total. The van der Waals surface area contributed by atoms with Gasteiger partial charge in [0, 0.05) is 18.3 Å². The summed E-state index contributed by atoms with van der Waals surface area (Å²) >= 11 is 0. The molecular formula is C14H15N3O2. The molecule has 19 heavy (non-hydrogen) atoms. The van der Waals surface area contributed by atoms with Gasteiger partial charge in [-0.2, -0.15) is 0 Å². The topological polar surface area (TPSA) is 81.2 Å². The van der Waals surface area contributed by atoms with E-state index >= 15 is 0 Å². The normalized spacial score (nSPS) is 10.1. The van der Waals surface area contributed by atoms with Gasteiger partial charge in [0.2, 0.25) is 0 Å². The molecule has 98 valence electrons. The van der Waals surface area contributed by atoms with Crippen LogP contribution in [-0.4, -0.2) is 11.5 Å². The van der Waals surface area contributed by atoms with Gasteiger partial charge < -0.3 is 11.1 Å². The van der Waals surface area contributed by atoms with Gasteiger partial charge in [-0.1, -0.05) is 24.3 Å². The molecule has 0 heterocycles. The second kappa shape index (κ2) is 5.86. The molecule has 0 amide bonds. The molecule has 0 fully saturated rings. The maximum Gasteiger partial charge on any atom is 0.292 e. The highest BCUT2D eigenvalue weighted by Gasteiger charge is 2.11. The molecule has 5 heteroatoms. The molecule has 0 aliphatic rings. The van der Waals surface area contributed by atoms with E-state index in [1.165, 1.54) is 6.07 Å². The van der Waals surface area contributed by atoms with Crippen LogP contribution in [0.4, 0.5) is 17.1 Å². The second-order valence-electron chi connectivity index (χ2n) is 4.19. The second-order valence-corrected chi connectivity index (χ2v) is 4.19. The first kappa shape index (κ1) is 12.9. The lowest BCUT2D eigenvalue weighted by atomic mass is 10.1. The van der Waals surface area contributed by atoms with E-state index in [-0.39, 0.29) is 10.6 Å². The van der Waals surface area contributed by atoms with Gasteiger partial charge in [-0.3, -0.25) is 10.1 Å². The Balaban J connectivity index is 1.96. The Labute approximate surface area is 111 Å². The summed E-state index contributed by atoms with van der Waals surface area (Å²) in [5, 5.41) is 13.9. The molecule has 0 aliphatic heterocycles. The van der Waals surface area contributed by atoms with Crippen molar-refractivity contribution in [3.8, 4) is 0 Å². The average molecular weight is 257 g/mol. The van der Waals surface area contributed by atoms with Gasteiger partial charge in [0.15, 0.2) is 0 Å². The predicted octanol–water partition coefficient (Wildman–Crippen LogP) is 2.83. The fraction of sp³-hybridized carbons (Fsp3) is 0.143. The number of nitrogens with two attached hydrogens (primary N) is 1. The Kier molecular flexibility index (Phi) is 3.97. The third-order valence-corrected chi connectivity index (χ3v) is 2.81. The number of nitrogens with zero attached hydrogens (tertiary/aromatic N) is 1. The number of anilines is 2. The third-order valence-electron chi connectivity index (χ3n) is 2.81. The van der Waals surface area contributed by atoms with Crippen LogP contribution in [0.2, 0.25) is 0 Å². The molecule has 0 radical (unpaired) electrons. The highest BCUT2D eigenvalue weighted by atomic mass is 16.6. The fourth-order valence-electron chi connectivity index (χ4n) is 1.81. The molecule has 0 atom stereocenters. The van der Waals surface area contributed by atoms with Gasteiger partial charge in [-0.05, 0) is 30.2 Å². The minimum atomic E-state index is -0.383. The van der Waals surface area contributed by atoms with Crippen LogP contribution in [0.25, 0.3) is 0 Å². The summed E-state index contributed by atoms with van der Waals surface area (Å²) in [5.41, 5.74) is 8.12. The van der Waals surface area contributed by atoms with Gasteiger partial charge in [-0.15, -0.1) is 0 Å². The number of hydrogen-bond donors (Lipinski definition) is 2. The minimum absolute atomic E-state index is 0.0970. The largest absolute Gasteiger partial charge is 0.399 e. The van der Waals surface area contributed by atoms with Crippen molar-refractivity contribution < 1.29 is 4.92 Å². The number of nitrogens with one attached hydrogen (secondary N) is 1. The van der Waals surface area contributed by atoms with Crippen LogP contribution >= 0.6 is 0 Å². The molecule has 0 unspecified atom stereocenters. The number of nitro benzene ring substituents is 1. The number of rotatable bonds is 5. The summed E-state index contributed by atoms with van der Waals surface area (Å²) in [5.74, 6) is 0. The quantitative estimate of drug-likeness (QED) is 0.490. The van der Waals surface area contributed by atoms with E-state index in [9.17, 15) is 10.1 Å².